The number of carbonyl (C=O) groups is 1. The lowest BCUT2D eigenvalue weighted by Crippen LogP contribution is -2.33. The number of amides is 1. The Kier molecular flexibility index (Phi) is 7.99. The third-order valence-corrected chi connectivity index (χ3v) is 6.28. The summed E-state index contributed by atoms with van der Waals surface area (Å²) in [5.41, 5.74) is 2.94. The van der Waals surface area contributed by atoms with Gasteiger partial charge in [0.2, 0.25) is 5.91 Å². The molecular formula is C23H32N2O3S. The van der Waals surface area contributed by atoms with E-state index in [1.54, 1.807) is 12.1 Å². The maximum atomic E-state index is 12.4. The lowest BCUT2D eigenvalue weighted by molar-refractivity contribution is -0.115. The van der Waals surface area contributed by atoms with Crippen LogP contribution >= 0.6 is 0 Å². The molecule has 0 aliphatic rings. The van der Waals surface area contributed by atoms with Crippen molar-refractivity contribution in [2.24, 2.45) is 5.92 Å². The molecule has 0 saturated carbocycles. The molecule has 0 fully saturated rings. The summed E-state index contributed by atoms with van der Waals surface area (Å²) in [4.78, 5) is 12.6. The summed E-state index contributed by atoms with van der Waals surface area (Å²) < 4.78 is 23.4. The molecule has 0 aliphatic carbocycles. The van der Waals surface area contributed by atoms with Crippen LogP contribution in [0.5, 0.6) is 0 Å². The summed E-state index contributed by atoms with van der Waals surface area (Å²) in [5, 5.41) is 6.10. The molecule has 158 valence electrons. The highest BCUT2D eigenvalue weighted by Gasteiger charge is 2.17. The maximum Gasteiger partial charge on any atom is 0.238 e. The minimum Gasteiger partial charge on any atom is -0.325 e. The third kappa shape index (κ3) is 6.68. The summed E-state index contributed by atoms with van der Waals surface area (Å²) in [6, 6.07) is 14.9. The van der Waals surface area contributed by atoms with Crippen molar-refractivity contribution in [1.82, 2.24) is 5.32 Å². The van der Waals surface area contributed by atoms with Gasteiger partial charge in [-0.25, -0.2) is 8.42 Å². The molecule has 0 heterocycles. The van der Waals surface area contributed by atoms with Gasteiger partial charge in [0.15, 0.2) is 9.84 Å². The number of anilines is 1. The summed E-state index contributed by atoms with van der Waals surface area (Å²) >= 11 is 0. The predicted octanol–water partition coefficient (Wildman–Crippen LogP) is 4.53. The van der Waals surface area contributed by atoms with E-state index in [4.69, 9.17) is 0 Å². The van der Waals surface area contributed by atoms with Crippen molar-refractivity contribution in [2.45, 2.75) is 51.0 Å². The van der Waals surface area contributed by atoms with E-state index in [9.17, 15) is 13.2 Å². The molecule has 5 nitrogen and oxygen atoms in total. The highest BCUT2D eigenvalue weighted by molar-refractivity contribution is 7.90. The Hall–Kier alpha value is -2.18. The number of rotatable bonds is 9. The van der Waals surface area contributed by atoms with Crippen molar-refractivity contribution >= 4 is 21.4 Å². The Morgan fingerprint density at radius 3 is 2.17 bits per heavy atom. The molecular weight excluding hydrogens is 384 g/mol. The third-order valence-electron chi connectivity index (χ3n) is 5.17. The van der Waals surface area contributed by atoms with Crippen LogP contribution in [0.2, 0.25) is 0 Å². The summed E-state index contributed by atoms with van der Waals surface area (Å²) in [5.74, 6) is 0.631. The van der Waals surface area contributed by atoms with Crippen LogP contribution in [0.15, 0.2) is 53.4 Å². The van der Waals surface area contributed by atoms with Gasteiger partial charge in [-0.15, -0.1) is 0 Å². The van der Waals surface area contributed by atoms with Gasteiger partial charge in [-0.3, -0.25) is 4.79 Å². The lowest BCUT2D eigenvalue weighted by atomic mass is 9.92. The second kappa shape index (κ2) is 10.0. The van der Waals surface area contributed by atoms with E-state index in [1.165, 1.54) is 17.7 Å². The van der Waals surface area contributed by atoms with Crippen molar-refractivity contribution in [2.75, 3.05) is 18.1 Å². The molecule has 1 amide bonds. The van der Waals surface area contributed by atoms with Gasteiger partial charge in [-0.2, -0.15) is 0 Å². The fourth-order valence-electron chi connectivity index (χ4n) is 3.22. The molecule has 2 atom stereocenters. The zero-order valence-electron chi connectivity index (χ0n) is 17.9. The number of nitrogens with one attached hydrogen (secondary N) is 2. The van der Waals surface area contributed by atoms with Gasteiger partial charge in [-0.05, 0) is 47.6 Å². The molecule has 0 spiro atoms. The molecule has 2 rings (SSSR count). The monoisotopic (exact) mass is 416 g/mol. The van der Waals surface area contributed by atoms with Crippen molar-refractivity contribution in [3.63, 3.8) is 0 Å². The number of benzene rings is 2. The molecule has 0 saturated heterocycles. The molecule has 0 aromatic heterocycles. The zero-order chi connectivity index (χ0) is 21.6. The number of sulfone groups is 1. The quantitative estimate of drug-likeness (QED) is 0.630. The fourth-order valence-corrected chi connectivity index (χ4v) is 3.89. The molecule has 6 heteroatoms. The first kappa shape index (κ1) is 23.1. The normalized spacial score (nSPS) is 13.9. The Morgan fingerprint density at radius 1 is 1.00 bits per heavy atom. The Bertz CT molecular complexity index is 921. The first-order chi connectivity index (χ1) is 13.6. The van der Waals surface area contributed by atoms with Crippen LogP contribution < -0.4 is 10.6 Å². The standard InChI is InChI=1S/C23H32N2O3S/c1-6-17(4)18-10-12-19(13-11-18)23(16(2)3)24-15-22(26)25-20-8-7-9-21(14-20)29(5,27)28/h7-14,16-17,23-24H,6,15H2,1-5H3,(H,25,26)/t17-,23+/m0/s1. The predicted molar refractivity (Wildman–Crippen MR) is 119 cm³/mol. The summed E-state index contributed by atoms with van der Waals surface area (Å²) in [7, 11) is -3.31. The first-order valence-electron chi connectivity index (χ1n) is 10.0. The summed E-state index contributed by atoms with van der Waals surface area (Å²) in [6.45, 7) is 8.78. The van der Waals surface area contributed by atoms with Crippen molar-refractivity contribution < 1.29 is 13.2 Å². The second-order valence-electron chi connectivity index (χ2n) is 7.93. The first-order valence-corrected chi connectivity index (χ1v) is 11.9. The number of hydrogen-bond donors (Lipinski definition) is 2. The smallest absolute Gasteiger partial charge is 0.238 e. The number of hydrogen-bond acceptors (Lipinski definition) is 4. The molecule has 0 radical (unpaired) electrons. The Morgan fingerprint density at radius 2 is 1.62 bits per heavy atom. The van der Waals surface area contributed by atoms with E-state index in [2.05, 4.69) is 62.6 Å². The van der Waals surface area contributed by atoms with Gasteiger partial charge >= 0.3 is 0 Å². The molecule has 2 N–H and O–H groups in total. The van der Waals surface area contributed by atoms with E-state index in [1.807, 2.05) is 0 Å². The lowest BCUT2D eigenvalue weighted by Gasteiger charge is -2.23. The van der Waals surface area contributed by atoms with Crippen LogP contribution in [-0.4, -0.2) is 27.1 Å². The second-order valence-corrected chi connectivity index (χ2v) is 9.94. The largest absolute Gasteiger partial charge is 0.325 e. The van der Waals surface area contributed by atoms with Crippen LogP contribution in [-0.2, 0) is 14.6 Å². The van der Waals surface area contributed by atoms with Crippen LogP contribution in [0.3, 0.4) is 0 Å². The van der Waals surface area contributed by atoms with Crippen LogP contribution in [0.4, 0.5) is 5.69 Å². The minimum atomic E-state index is -3.31. The number of carbonyl (C=O) groups excluding carboxylic acids is 1. The van der Waals surface area contributed by atoms with Gasteiger partial charge in [0.05, 0.1) is 11.4 Å². The Labute approximate surface area is 174 Å². The van der Waals surface area contributed by atoms with Crippen molar-refractivity contribution in [3.05, 3.63) is 59.7 Å². The minimum absolute atomic E-state index is 0.0501. The van der Waals surface area contributed by atoms with E-state index >= 15 is 0 Å². The fraction of sp³-hybridized carbons (Fsp3) is 0.435. The molecule has 29 heavy (non-hydrogen) atoms. The highest BCUT2D eigenvalue weighted by atomic mass is 32.2. The summed E-state index contributed by atoms with van der Waals surface area (Å²) in [6.07, 6.45) is 2.25. The molecule has 0 aliphatic heterocycles. The van der Waals surface area contributed by atoms with Gasteiger partial charge in [0.1, 0.15) is 0 Å². The van der Waals surface area contributed by atoms with Crippen molar-refractivity contribution in [1.29, 1.82) is 0 Å². The van der Waals surface area contributed by atoms with Crippen LogP contribution in [0.25, 0.3) is 0 Å². The van der Waals surface area contributed by atoms with E-state index in [0.717, 1.165) is 18.2 Å². The SMILES string of the molecule is CC[C@H](C)c1ccc([C@H](NCC(=O)Nc2cccc(S(C)(=O)=O)c2)C(C)C)cc1. The maximum absolute atomic E-state index is 12.4. The van der Waals surface area contributed by atoms with E-state index < -0.39 is 9.84 Å². The van der Waals surface area contributed by atoms with Crippen LogP contribution in [0.1, 0.15) is 57.2 Å². The molecule has 2 aromatic rings. The van der Waals surface area contributed by atoms with Gasteiger partial charge in [0, 0.05) is 18.0 Å². The Balaban J connectivity index is 2.03. The zero-order valence-corrected chi connectivity index (χ0v) is 18.7. The highest BCUT2D eigenvalue weighted by Crippen LogP contribution is 2.25. The molecule has 0 bridgehead atoms. The van der Waals surface area contributed by atoms with Gasteiger partial charge < -0.3 is 10.6 Å². The van der Waals surface area contributed by atoms with Gasteiger partial charge in [-0.1, -0.05) is 58.0 Å². The topological polar surface area (TPSA) is 75.3 Å². The van der Waals surface area contributed by atoms with Crippen LogP contribution in [0, 0.1) is 5.92 Å². The average molecular weight is 417 g/mol. The molecule has 0 unspecified atom stereocenters. The van der Waals surface area contributed by atoms with Gasteiger partial charge in [0.25, 0.3) is 0 Å². The van der Waals surface area contributed by atoms with E-state index in [-0.39, 0.29) is 23.4 Å². The molecule has 2 aromatic carbocycles. The average Bonchev–Trinajstić information content (AvgIpc) is 2.67. The van der Waals surface area contributed by atoms with E-state index in [0.29, 0.717) is 17.5 Å². The van der Waals surface area contributed by atoms with Crippen molar-refractivity contribution in [3.8, 4) is 0 Å².